The Morgan fingerprint density at radius 2 is 2.00 bits per heavy atom. The van der Waals surface area contributed by atoms with Crippen molar-refractivity contribution in [3.8, 4) is 0 Å². The molecule has 2 aliphatic carbocycles. The molecule has 2 aliphatic rings. The van der Waals surface area contributed by atoms with Crippen molar-refractivity contribution in [2.24, 2.45) is 5.41 Å². The van der Waals surface area contributed by atoms with E-state index < -0.39 is 0 Å². The van der Waals surface area contributed by atoms with Gasteiger partial charge in [0.15, 0.2) is 0 Å². The molecule has 2 atom stereocenters. The van der Waals surface area contributed by atoms with Crippen LogP contribution in [0, 0.1) is 5.41 Å². The number of carbonyl (C=O) groups excluding carboxylic acids is 1. The lowest BCUT2D eigenvalue weighted by atomic mass is 9.51. The molecule has 1 aromatic rings. The second-order valence-corrected chi connectivity index (χ2v) is 6.94. The highest BCUT2D eigenvalue weighted by Crippen LogP contribution is 2.57. The Kier molecular flexibility index (Phi) is 5.41. The van der Waals surface area contributed by atoms with E-state index in [-0.39, 0.29) is 24.1 Å². The van der Waals surface area contributed by atoms with Crippen LogP contribution in [0.1, 0.15) is 43.7 Å². The summed E-state index contributed by atoms with van der Waals surface area (Å²) in [7, 11) is 0. The Morgan fingerprint density at radius 1 is 1.29 bits per heavy atom. The summed E-state index contributed by atoms with van der Waals surface area (Å²) in [5, 5.41) is 15.1. The van der Waals surface area contributed by atoms with Crippen molar-refractivity contribution in [1.82, 2.24) is 10.6 Å². The van der Waals surface area contributed by atoms with Gasteiger partial charge in [-0.2, -0.15) is 0 Å². The van der Waals surface area contributed by atoms with Crippen molar-refractivity contribution in [1.29, 1.82) is 0 Å². The molecule has 3 rings (SSSR count). The lowest BCUT2D eigenvalue weighted by Crippen LogP contribution is -2.68. The number of urea groups is 1. The van der Waals surface area contributed by atoms with Gasteiger partial charge in [0.1, 0.15) is 0 Å². The van der Waals surface area contributed by atoms with Crippen LogP contribution in [0.5, 0.6) is 0 Å². The van der Waals surface area contributed by atoms with Crippen LogP contribution in [0.3, 0.4) is 0 Å². The van der Waals surface area contributed by atoms with Gasteiger partial charge < -0.3 is 20.5 Å². The van der Waals surface area contributed by atoms with Gasteiger partial charge in [0.2, 0.25) is 0 Å². The fourth-order valence-corrected chi connectivity index (χ4v) is 3.98. The van der Waals surface area contributed by atoms with Gasteiger partial charge >= 0.3 is 6.03 Å². The topological polar surface area (TPSA) is 70.6 Å². The third kappa shape index (κ3) is 3.42. The van der Waals surface area contributed by atoms with Gasteiger partial charge in [-0.1, -0.05) is 30.7 Å². The summed E-state index contributed by atoms with van der Waals surface area (Å²) in [5.74, 6) is 0. The Balaban J connectivity index is 1.40. The van der Waals surface area contributed by atoms with Crippen LogP contribution in [0.15, 0.2) is 24.3 Å². The summed E-state index contributed by atoms with van der Waals surface area (Å²) >= 11 is 0. The van der Waals surface area contributed by atoms with Gasteiger partial charge in [-0.05, 0) is 43.7 Å². The quantitative estimate of drug-likeness (QED) is 0.718. The first-order chi connectivity index (χ1) is 11.7. The van der Waals surface area contributed by atoms with Gasteiger partial charge in [0.05, 0.1) is 12.7 Å². The second-order valence-electron chi connectivity index (χ2n) is 6.94. The highest BCUT2D eigenvalue weighted by molar-refractivity contribution is 5.74. The maximum atomic E-state index is 12.1. The van der Waals surface area contributed by atoms with Crippen LogP contribution in [0.2, 0.25) is 0 Å². The van der Waals surface area contributed by atoms with E-state index >= 15 is 0 Å². The fraction of sp³-hybridized carbons (Fsp3) is 0.632. The summed E-state index contributed by atoms with van der Waals surface area (Å²) < 4.78 is 5.82. The first kappa shape index (κ1) is 17.2. The Morgan fingerprint density at radius 3 is 2.58 bits per heavy atom. The molecular weight excluding hydrogens is 304 g/mol. The molecule has 1 spiro atoms. The van der Waals surface area contributed by atoms with Crippen molar-refractivity contribution >= 4 is 6.03 Å². The standard InChI is InChI=1S/C19H28N2O3/c1-2-24-17-12-16(19(17)9-3-10-19)21-18(23)20-11-8-14-4-6-15(13-22)7-5-14/h4-7,16-17,22H,2-3,8-13H2,1H3,(H2,20,21,23). The number of aliphatic hydroxyl groups is 1. The minimum atomic E-state index is -0.0757. The van der Waals surface area contributed by atoms with Gasteiger partial charge in [-0.15, -0.1) is 0 Å². The van der Waals surface area contributed by atoms with E-state index in [2.05, 4.69) is 10.6 Å². The van der Waals surface area contributed by atoms with Crippen LogP contribution in [-0.4, -0.2) is 36.4 Å². The average molecular weight is 332 g/mol. The smallest absolute Gasteiger partial charge is 0.315 e. The zero-order chi connectivity index (χ0) is 17.0. The minimum absolute atomic E-state index is 0.0623. The Bertz CT molecular complexity index is 554. The molecule has 2 unspecified atom stereocenters. The minimum Gasteiger partial charge on any atom is -0.392 e. The third-order valence-corrected chi connectivity index (χ3v) is 5.65. The lowest BCUT2D eigenvalue weighted by molar-refractivity contribution is -0.169. The van der Waals surface area contributed by atoms with E-state index in [1.807, 2.05) is 31.2 Å². The zero-order valence-electron chi connectivity index (χ0n) is 14.4. The molecule has 2 fully saturated rings. The molecule has 1 aromatic carbocycles. The van der Waals surface area contributed by atoms with E-state index in [0.29, 0.717) is 12.6 Å². The predicted molar refractivity (Wildman–Crippen MR) is 92.7 cm³/mol. The molecule has 0 heterocycles. The number of amides is 2. The maximum Gasteiger partial charge on any atom is 0.315 e. The molecule has 24 heavy (non-hydrogen) atoms. The number of hydrogen-bond donors (Lipinski definition) is 3. The number of rotatable bonds is 7. The van der Waals surface area contributed by atoms with E-state index in [1.54, 1.807) is 0 Å². The average Bonchev–Trinajstić information content (AvgIpc) is 2.53. The number of ether oxygens (including phenoxy) is 1. The largest absolute Gasteiger partial charge is 0.392 e. The SMILES string of the molecule is CCOC1CC(NC(=O)NCCc2ccc(CO)cc2)C12CCC2. The van der Waals surface area contributed by atoms with Gasteiger partial charge in [-0.3, -0.25) is 0 Å². The van der Waals surface area contributed by atoms with E-state index in [1.165, 1.54) is 19.3 Å². The highest BCUT2D eigenvalue weighted by atomic mass is 16.5. The van der Waals surface area contributed by atoms with Gasteiger partial charge in [0, 0.05) is 24.6 Å². The molecule has 0 radical (unpaired) electrons. The third-order valence-electron chi connectivity index (χ3n) is 5.65. The van der Waals surface area contributed by atoms with E-state index in [4.69, 9.17) is 9.84 Å². The van der Waals surface area contributed by atoms with Crippen molar-refractivity contribution in [2.45, 2.75) is 57.8 Å². The summed E-state index contributed by atoms with van der Waals surface area (Å²) in [6.45, 7) is 3.46. The molecular formula is C19H28N2O3. The molecule has 2 amide bonds. The van der Waals surface area contributed by atoms with Crippen molar-refractivity contribution < 1.29 is 14.6 Å². The first-order valence-corrected chi connectivity index (χ1v) is 9.02. The predicted octanol–water partition coefficient (Wildman–Crippen LogP) is 2.37. The van der Waals surface area contributed by atoms with Crippen molar-refractivity contribution in [2.75, 3.05) is 13.2 Å². The zero-order valence-corrected chi connectivity index (χ0v) is 14.4. The molecule has 132 valence electrons. The van der Waals surface area contributed by atoms with Crippen molar-refractivity contribution in [3.05, 3.63) is 35.4 Å². The highest BCUT2D eigenvalue weighted by Gasteiger charge is 2.59. The monoisotopic (exact) mass is 332 g/mol. The van der Waals surface area contributed by atoms with Gasteiger partial charge in [-0.25, -0.2) is 4.79 Å². The Labute approximate surface area is 143 Å². The summed E-state index contributed by atoms with van der Waals surface area (Å²) in [6.07, 6.45) is 5.62. The van der Waals surface area contributed by atoms with Crippen LogP contribution >= 0.6 is 0 Å². The molecule has 0 aromatic heterocycles. The Hall–Kier alpha value is -1.59. The van der Waals surface area contributed by atoms with Crippen molar-refractivity contribution in [3.63, 3.8) is 0 Å². The van der Waals surface area contributed by atoms with E-state index in [0.717, 1.165) is 30.6 Å². The summed E-state index contributed by atoms with van der Waals surface area (Å²) in [5.41, 5.74) is 2.26. The van der Waals surface area contributed by atoms with E-state index in [9.17, 15) is 4.79 Å². The summed E-state index contributed by atoms with van der Waals surface area (Å²) in [4.78, 5) is 12.1. The fourth-order valence-electron chi connectivity index (χ4n) is 3.98. The lowest BCUT2D eigenvalue weighted by Gasteiger charge is -2.60. The number of aliphatic hydroxyl groups excluding tert-OH is 1. The number of nitrogens with one attached hydrogen (secondary N) is 2. The normalized spacial score (nSPS) is 24.1. The number of benzene rings is 1. The van der Waals surface area contributed by atoms with Crippen LogP contribution in [0.4, 0.5) is 4.79 Å². The summed E-state index contributed by atoms with van der Waals surface area (Å²) in [6, 6.07) is 8.00. The molecule has 0 bridgehead atoms. The van der Waals surface area contributed by atoms with Crippen LogP contribution in [-0.2, 0) is 17.8 Å². The molecule has 5 heteroatoms. The van der Waals surface area contributed by atoms with Crippen LogP contribution in [0.25, 0.3) is 0 Å². The van der Waals surface area contributed by atoms with Gasteiger partial charge in [0.25, 0.3) is 0 Å². The first-order valence-electron chi connectivity index (χ1n) is 9.02. The molecule has 3 N–H and O–H groups in total. The molecule has 0 aliphatic heterocycles. The number of hydrogen-bond acceptors (Lipinski definition) is 3. The molecule has 2 saturated carbocycles. The maximum absolute atomic E-state index is 12.1. The molecule has 0 saturated heterocycles. The number of carbonyl (C=O) groups is 1. The second kappa shape index (κ2) is 7.53. The van der Waals surface area contributed by atoms with Crippen LogP contribution < -0.4 is 10.6 Å². The molecule has 5 nitrogen and oxygen atoms in total.